The molecule has 0 aliphatic carbocycles. The fourth-order valence-corrected chi connectivity index (χ4v) is 4.00. The van der Waals surface area contributed by atoms with Crippen molar-refractivity contribution in [3.8, 4) is 5.75 Å². The molecular weight excluding hydrogens is 378 g/mol. The van der Waals surface area contributed by atoms with E-state index < -0.39 is 0 Å². The average Bonchev–Trinajstić information content (AvgIpc) is 2.71. The molecule has 0 unspecified atom stereocenters. The summed E-state index contributed by atoms with van der Waals surface area (Å²) in [5.41, 5.74) is 5.89. The lowest BCUT2D eigenvalue weighted by Crippen LogP contribution is -2.14. The molecule has 29 heavy (non-hydrogen) atoms. The van der Waals surface area contributed by atoms with Gasteiger partial charge in [0, 0.05) is 27.5 Å². The zero-order chi connectivity index (χ0) is 20.8. The van der Waals surface area contributed by atoms with E-state index in [1.54, 1.807) is 11.8 Å². The van der Waals surface area contributed by atoms with Crippen molar-refractivity contribution in [1.82, 2.24) is 0 Å². The number of carbonyl (C=O) groups excluding carboxylic acids is 1. The first-order valence-corrected chi connectivity index (χ1v) is 10.8. The van der Waals surface area contributed by atoms with Gasteiger partial charge in [-0.1, -0.05) is 35.9 Å². The molecule has 0 fully saturated rings. The number of benzene rings is 3. The molecule has 0 spiro atoms. The van der Waals surface area contributed by atoms with Gasteiger partial charge in [0.1, 0.15) is 5.75 Å². The predicted molar refractivity (Wildman–Crippen MR) is 122 cm³/mol. The Morgan fingerprint density at radius 1 is 0.966 bits per heavy atom. The molecule has 0 aliphatic rings. The van der Waals surface area contributed by atoms with E-state index in [0.29, 0.717) is 12.2 Å². The van der Waals surface area contributed by atoms with Crippen molar-refractivity contribution < 1.29 is 9.53 Å². The van der Waals surface area contributed by atoms with E-state index in [1.807, 2.05) is 57.2 Å². The maximum Gasteiger partial charge on any atom is 0.255 e. The van der Waals surface area contributed by atoms with Crippen molar-refractivity contribution in [3.05, 3.63) is 88.5 Å². The van der Waals surface area contributed by atoms with Crippen molar-refractivity contribution in [2.24, 2.45) is 0 Å². The van der Waals surface area contributed by atoms with Crippen LogP contribution in [0.4, 0.5) is 5.69 Å². The smallest absolute Gasteiger partial charge is 0.255 e. The molecule has 150 valence electrons. The number of thioether (sulfide) groups is 1. The average molecular weight is 406 g/mol. The number of nitrogens with one attached hydrogen (secondary N) is 1. The molecule has 3 rings (SSSR count). The first kappa shape index (κ1) is 21.0. The molecule has 3 nitrogen and oxygen atoms in total. The number of hydrogen-bond acceptors (Lipinski definition) is 3. The third-order valence-electron chi connectivity index (χ3n) is 4.76. The van der Waals surface area contributed by atoms with Gasteiger partial charge >= 0.3 is 0 Å². The Labute approximate surface area is 177 Å². The second-order valence-electron chi connectivity index (χ2n) is 7.08. The van der Waals surface area contributed by atoms with Crippen LogP contribution < -0.4 is 10.1 Å². The Morgan fingerprint density at radius 3 is 2.31 bits per heavy atom. The Balaban J connectivity index is 1.81. The second-order valence-corrected chi connectivity index (χ2v) is 8.13. The molecule has 3 aromatic carbocycles. The summed E-state index contributed by atoms with van der Waals surface area (Å²) in [4.78, 5) is 14.1. The Bertz CT molecular complexity index is 976. The minimum atomic E-state index is -0.105. The zero-order valence-corrected chi connectivity index (χ0v) is 18.2. The predicted octanol–water partition coefficient (Wildman–Crippen LogP) is 6.56. The maximum absolute atomic E-state index is 12.9. The van der Waals surface area contributed by atoms with Gasteiger partial charge in [-0.25, -0.2) is 0 Å². The molecular formula is C25H27NO2S. The van der Waals surface area contributed by atoms with Gasteiger partial charge in [-0.2, -0.15) is 0 Å². The van der Waals surface area contributed by atoms with Crippen LogP contribution in [-0.4, -0.2) is 12.5 Å². The van der Waals surface area contributed by atoms with Gasteiger partial charge in [0.2, 0.25) is 0 Å². The number of aryl methyl sites for hydroxylation is 3. The van der Waals surface area contributed by atoms with Crippen LogP contribution in [0.1, 0.15) is 39.5 Å². The largest absolute Gasteiger partial charge is 0.494 e. The van der Waals surface area contributed by atoms with Crippen LogP contribution in [0.25, 0.3) is 0 Å². The lowest BCUT2D eigenvalue weighted by molar-refractivity contribution is 0.102. The topological polar surface area (TPSA) is 38.3 Å². The molecule has 0 atom stereocenters. The minimum Gasteiger partial charge on any atom is -0.494 e. The second kappa shape index (κ2) is 9.66. The fourth-order valence-electron chi connectivity index (χ4n) is 3.12. The maximum atomic E-state index is 12.9. The Morgan fingerprint density at radius 2 is 1.66 bits per heavy atom. The van der Waals surface area contributed by atoms with Crippen molar-refractivity contribution in [3.63, 3.8) is 0 Å². The van der Waals surface area contributed by atoms with E-state index in [0.717, 1.165) is 33.9 Å². The normalized spacial score (nSPS) is 10.6. The summed E-state index contributed by atoms with van der Waals surface area (Å²) in [6.45, 7) is 8.66. The number of amides is 1. The summed E-state index contributed by atoms with van der Waals surface area (Å²) in [7, 11) is 0. The number of rotatable bonds is 7. The highest BCUT2D eigenvalue weighted by Crippen LogP contribution is 2.30. The van der Waals surface area contributed by atoms with Gasteiger partial charge in [0.05, 0.1) is 6.61 Å². The monoisotopic (exact) mass is 405 g/mol. The van der Waals surface area contributed by atoms with Crippen LogP contribution in [0.5, 0.6) is 5.75 Å². The summed E-state index contributed by atoms with van der Waals surface area (Å²) in [5, 5.41) is 3.07. The highest BCUT2D eigenvalue weighted by Gasteiger charge is 2.13. The van der Waals surface area contributed by atoms with Gasteiger partial charge in [-0.15, -0.1) is 11.8 Å². The molecule has 1 N–H and O–H groups in total. The SMILES string of the molecule is CCOc1ccc(C(=O)Nc2c(C)cccc2C)cc1CSc1ccc(C)cc1. The van der Waals surface area contributed by atoms with Crippen molar-refractivity contribution in [2.75, 3.05) is 11.9 Å². The number of para-hydroxylation sites is 1. The molecule has 1 amide bonds. The zero-order valence-electron chi connectivity index (χ0n) is 17.4. The van der Waals surface area contributed by atoms with E-state index >= 15 is 0 Å². The lowest BCUT2D eigenvalue weighted by Gasteiger charge is -2.14. The Kier molecular flexibility index (Phi) is 6.99. The molecule has 4 heteroatoms. The summed E-state index contributed by atoms with van der Waals surface area (Å²) < 4.78 is 5.79. The fraction of sp³-hybridized carbons (Fsp3) is 0.240. The standard InChI is InChI=1S/C25H27NO2S/c1-5-28-23-14-11-20(25(27)26-24-18(3)7-6-8-19(24)4)15-21(23)16-29-22-12-9-17(2)10-13-22/h6-15H,5,16H2,1-4H3,(H,26,27). The van der Waals surface area contributed by atoms with Gasteiger partial charge in [-0.05, 0) is 69.2 Å². The molecule has 3 aromatic rings. The number of ether oxygens (including phenoxy) is 1. The molecule has 0 aromatic heterocycles. The van der Waals surface area contributed by atoms with E-state index in [-0.39, 0.29) is 5.91 Å². The lowest BCUT2D eigenvalue weighted by atomic mass is 10.1. The van der Waals surface area contributed by atoms with Crippen LogP contribution >= 0.6 is 11.8 Å². The number of anilines is 1. The first-order chi connectivity index (χ1) is 14.0. The van der Waals surface area contributed by atoms with Crippen LogP contribution in [0.3, 0.4) is 0 Å². The van der Waals surface area contributed by atoms with E-state index in [4.69, 9.17) is 4.74 Å². The highest BCUT2D eigenvalue weighted by atomic mass is 32.2. The van der Waals surface area contributed by atoms with Gasteiger partial charge in [0.15, 0.2) is 0 Å². The van der Waals surface area contributed by atoms with E-state index in [2.05, 4.69) is 36.5 Å². The summed E-state index contributed by atoms with van der Waals surface area (Å²) in [6.07, 6.45) is 0. The number of carbonyl (C=O) groups is 1. The molecule has 0 bridgehead atoms. The number of hydrogen-bond donors (Lipinski definition) is 1. The van der Waals surface area contributed by atoms with Crippen LogP contribution in [-0.2, 0) is 5.75 Å². The summed E-state index contributed by atoms with van der Waals surface area (Å²) in [5.74, 6) is 1.46. The quantitative estimate of drug-likeness (QED) is 0.453. The van der Waals surface area contributed by atoms with Gasteiger partial charge < -0.3 is 10.1 Å². The summed E-state index contributed by atoms with van der Waals surface area (Å²) in [6, 6.07) is 20.1. The minimum absolute atomic E-state index is 0.105. The Hall–Kier alpha value is -2.72. The van der Waals surface area contributed by atoms with Crippen molar-refractivity contribution in [2.45, 2.75) is 38.3 Å². The van der Waals surface area contributed by atoms with E-state index in [1.165, 1.54) is 10.5 Å². The molecule has 0 saturated carbocycles. The highest BCUT2D eigenvalue weighted by molar-refractivity contribution is 7.98. The third kappa shape index (κ3) is 5.42. The van der Waals surface area contributed by atoms with Crippen LogP contribution in [0.15, 0.2) is 65.6 Å². The van der Waals surface area contributed by atoms with Crippen molar-refractivity contribution in [1.29, 1.82) is 0 Å². The van der Waals surface area contributed by atoms with Crippen LogP contribution in [0, 0.1) is 20.8 Å². The van der Waals surface area contributed by atoms with E-state index in [9.17, 15) is 4.79 Å². The van der Waals surface area contributed by atoms with Crippen LogP contribution in [0.2, 0.25) is 0 Å². The van der Waals surface area contributed by atoms with Crippen molar-refractivity contribution >= 4 is 23.4 Å². The molecule has 0 aliphatic heterocycles. The summed E-state index contributed by atoms with van der Waals surface area (Å²) >= 11 is 1.74. The third-order valence-corrected chi connectivity index (χ3v) is 5.82. The van der Waals surface area contributed by atoms with Gasteiger partial charge in [-0.3, -0.25) is 4.79 Å². The molecule has 0 radical (unpaired) electrons. The van der Waals surface area contributed by atoms with Gasteiger partial charge in [0.25, 0.3) is 5.91 Å². The molecule has 0 heterocycles. The molecule has 0 saturated heterocycles. The first-order valence-electron chi connectivity index (χ1n) is 9.80.